The zero-order chi connectivity index (χ0) is 17.4. The molecule has 25 heavy (non-hydrogen) atoms. The Morgan fingerprint density at radius 3 is 2.48 bits per heavy atom. The zero-order valence-electron chi connectivity index (χ0n) is 15.0. The lowest BCUT2D eigenvalue weighted by atomic mass is 9.96. The van der Waals surface area contributed by atoms with Gasteiger partial charge in [-0.2, -0.15) is 5.10 Å². The minimum atomic E-state index is 0.0939. The van der Waals surface area contributed by atoms with Crippen LogP contribution in [0.25, 0.3) is 0 Å². The molecule has 1 saturated carbocycles. The van der Waals surface area contributed by atoms with Crippen molar-refractivity contribution in [2.45, 2.75) is 52.0 Å². The Balaban J connectivity index is 1.36. The van der Waals surface area contributed by atoms with Gasteiger partial charge >= 0.3 is 0 Å². The van der Waals surface area contributed by atoms with Crippen molar-refractivity contribution in [3.8, 4) is 0 Å². The predicted octanol–water partition coefficient (Wildman–Crippen LogP) is 2.44. The molecule has 0 unspecified atom stereocenters. The van der Waals surface area contributed by atoms with Crippen molar-refractivity contribution >= 4 is 5.82 Å². The molecule has 6 nitrogen and oxygen atoms in total. The van der Waals surface area contributed by atoms with E-state index >= 15 is 0 Å². The highest BCUT2D eigenvalue weighted by Crippen LogP contribution is 2.38. The Labute approximate surface area is 147 Å². The number of nitrogens with zero attached hydrogens (tertiary/aromatic N) is 5. The van der Waals surface area contributed by atoms with Crippen LogP contribution in [0.2, 0.25) is 0 Å². The smallest absolute Gasteiger partial charge is 0.256 e. The Morgan fingerprint density at radius 1 is 1.08 bits per heavy atom. The summed E-state index contributed by atoms with van der Waals surface area (Å²) in [7, 11) is 0. The number of hydrogen-bond acceptors (Lipinski definition) is 5. The van der Waals surface area contributed by atoms with Crippen molar-refractivity contribution in [2.75, 3.05) is 18.0 Å². The average Bonchev–Trinajstić information content (AvgIpc) is 3.48. The fourth-order valence-corrected chi connectivity index (χ4v) is 3.53. The van der Waals surface area contributed by atoms with Crippen LogP contribution in [0.15, 0.2) is 23.3 Å². The third kappa shape index (κ3) is 3.43. The summed E-state index contributed by atoms with van der Waals surface area (Å²) < 4.78 is 1.77. The summed E-state index contributed by atoms with van der Waals surface area (Å²) in [6, 6.07) is 4.24. The molecule has 0 N–H and O–H groups in total. The molecular formula is C19H25N5O. The van der Waals surface area contributed by atoms with Crippen LogP contribution in [0, 0.1) is 19.8 Å². The van der Waals surface area contributed by atoms with Gasteiger partial charge in [-0.25, -0.2) is 4.98 Å². The first-order valence-corrected chi connectivity index (χ1v) is 9.23. The van der Waals surface area contributed by atoms with Crippen LogP contribution in [-0.4, -0.2) is 32.8 Å². The average molecular weight is 339 g/mol. The molecule has 132 valence electrons. The second kappa shape index (κ2) is 6.58. The number of hydrogen-bond donors (Lipinski definition) is 0. The Morgan fingerprint density at radius 2 is 1.84 bits per heavy atom. The first-order valence-electron chi connectivity index (χ1n) is 9.23. The van der Waals surface area contributed by atoms with Crippen molar-refractivity contribution in [3.05, 3.63) is 45.8 Å². The van der Waals surface area contributed by atoms with Gasteiger partial charge in [0.1, 0.15) is 0 Å². The van der Waals surface area contributed by atoms with Gasteiger partial charge < -0.3 is 4.90 Å². The van der Waals surface area contributed by atoms with Crippen LogP contribution in [0.4, 0.5) is 5.82 Å². The molecule has 0 radical (unpaired) electrons. The highest BCUT2D eigenvalue weighted by Gasteiger charge is 2.26. The van der Waals surface area contributed by atoms with E-state index in [4.69, 9.17) is 0 Å². The molecule has 0 atom stereocenters. The van der Waals surface area contributed by atoms with Crippen molar-refractivity contribution in [3.63, 3.8) is 0 Å². The van der Waals surface area contributed by atoms with E-state index in [0.29, 0.717) is 11.8 Å². The van der Waals surface area contributed by atoms with Crippen LogP contribution >= 0.6 is 0 Å². The largest absolute Gasteiger partial charge is 0.355 e. The van der Waals surface area contributed by atoms with Crippen LogP contribution < -0.4 is 10.5 Å². The number of piperidine rings is 1. The lowest BCUT2D eigenvalue weighted by Crippen LogP contribution is -2.37. The normalized spacial score (nSPS) is 18.6. The minimum Gasteiger partial charge on any atom is -0.355 e. The second-order valence-electron chi connectivity index (χ2n) is 7.43. The van der Waals surface area contributed by atoms with Gasteiger partial charge in [0.25, 0.3) is 5.56 Å². The summed E-state index contributed by atoms with van der Waals surface area (Å²) in [6.45, 7) is 6.43. The maximum Gasteiger partial charge on any atom is 0.256 e. The van der Waals surface area contributed by atoms with Crippen LogP contribution in [0.3, 0.4) is 0 Å². The third-order valence-corrected chi connectivity index (χ3v) is 5.58. The Kier molecular flexibility index (Phi) is 4.27. The maximum absolute atomic E-state index is 12.3. The molecule has 1 aliphatic heterocycles. The molecule has 0 aromatic carbocycles. The van der Waals surface area contributed by atoms with Gasteiger partial charge in [0.2, 0.25) is 0 Å². The van der Waals surface area contributed by atoms with E-state index in [2.05, 4.69) is 32.2 Å². The monoisotopic (exact) mass is 339 g/mol. The molecule has 3 heterocycles. The molecule has 2 fully saturated rings. The van der Waals surface area contributed by atoms with Crippen molar-refractivity contribution in [1.29, 1.82) is 0 Å². The predicted molar refractivity (Wildman–Crippen MR) is 96.9 cm³/mol. The molecule has 2 aromatic rings. The van der Waals surface area contributed by atoms with E-state index in [1.165, 1.54) is 12.8 Å². The van der Waals surface area contributed by atoms with Crippen LogP contribution in [-0.2, 0) is 6.54 Å². The van der Waals surface area contributed by atoms with Gasteiger partial charge in [0.05, 0.1) is 12.0 Å². The van der Waals surface area contributed by atoms with E-state index in [1.807, 2.05) is 13.8 Å². The quantitative estimate of drug-likeness (QED) is 0.856. The number of anilines is 1. The van der Waals surface area contributed by atoms with Crippen molar-refractivity contribution in [1.82, 2.24) is 19.7 Å². The third-order valence-electron chi connectivity index (χ3n) is 5.58. The lowest BCUT2D eigenvalue weighted by molar-refractivity contribution is 0.349. The summed E-state index contributed by atoms with van der Waals surface area (Å²) in [5.41, 5.74) is 2.81. The van der Waals surface area contributed by atoms with Gasteiger partial charge in [-0.1, -0.05) is 0 Å². The topological polar surface area (TPSA) is 63.9 Å². The van der Waals surface area contributed by atoms with Crippen molar-refractivity contribution < 1.29 is 0 Å². The van der Waals surface area contributed by atoms with Gasteiger partial charge in [-0.3, -0.25) is 9.36 Å². The van der Waals surface area contributed by atoms with Gasteiger partial charge in [-0.15, -0.1) is 5.10 Å². The fourth-order valence-electron chi connectivity index (χ4n) is 3.53. The van der Waals surface area contributed by atoms with E-state index in [-0.39, 0.29) is 5.56 Å². The molecule has 0 bridgehead atoms. The minimum absolute atomic E-state index is 0.0939. The highest BCUT2D eigenvalue weighted by molar-refractivity contribution is 5.38. The Hall–Kier alpha value is -2.24. The number of rotatable bonds is 4. The summed E-state index contributed by atoms with van der Waals surface area (Å²) >= 11 is 0. The summed E-state index contributed by atoms with van der Waals surface area (Å²) in [5.74, 6) is 2.14. The van der Waals surface area contributed by atoms with E-state index < -0.39 is 0 Å². The Bertz CT molecular complexity index is 802. The molecule has 1 saturated heterocycles. The highest BCUT2D eigenvalue weighted by atomic mass is 16.1. The standard InChI is InChI=1S/C19H25N5O/c1-13-14(2)20-12-24(19(13)25)11-15-7-9-23(10-8-15)18-6-5-17(21-22-18)16-3-4-16/h5-6,12,15-16H,3-4,7-11H2,1-2H3. The van der Waals surface area contributed by atoms with E-state index in [9.17, 15) is 4.79 Å². The van der Waals surface area contributed by atoms with E-state index in [0.717, 1.165) is 55.2 Å². The zero-order valence-corrected chi connectivity index (χ0v) is 15.0. The first kappa shape index (κ1) is 16.2. The van der Waals surface area contributed by atoms with E-state index in [1.54, 1.807) is 10.9 Å². The summed E-state index contributed by atoms with van der Waals surface area (Å²) in [4.78, 5) is 19.0. The maximum atomic E-state index is 12.3. The first-order chi connectivity index (χ1) is 12.1. The van der Waals surface area contributed by atoms with Gasteiger partial charge in [0.15, 0.2) is 5.82 Å². The number of aryl methyl sites for hydroxylation is 1. The molecule has 2 aromatic heterocycles. The summed E-state index contributed by atoms with van der Waals surface area (Å²) in [6.07, 6.45) is 6.33. The molecule has 2 aliphatic rings. The van der Waals surface area contributed by atoms with Gasteiger partial charge in [0, 0.05) is 36.8 Å². The van der Waals surface area contributed by atoms with Crippen LogP contribution in [0.5, 0.6) is 0 Å². The van der Waals surface area contributed by atoms with Crippen LogP contribution in [0.1, 0.15) is 48.6 Å². The molecule has 1 aliphatic carbocycles. The second-order valence-corrected chi connectivity index (χ2v) is 7.43. The molecular weight excluding hydrogens is 314 g/mol. The molecule has 6 heteroatoms. The van der Waals surface area contributed by atoms with Gasteiger partial charge in [-0.05, 0) is 57.6 Å². The molecule has 0 amide bonds. The SMILES string of the molecule is Cc1ncn(CC2CCN(c3ccc(C4CC4)nn3)CC2)c(=O)c1C. The summed E-state index contributed by atoms with van der Waals surface area (Å²) in [5, 5.41) is 8.81. The number of aromatic nitrogens is 4. The lowest BCUT2D eigenvalue weighted by Gasteiger charge is -2.32. The molecule has 0 spiro atoms. The molecule has 4 rings (SSSR count). The van der Waals surface area contributed by atoms with Crippen molar-refractivity contribution in [2.24, 2.45) is 5.92 Å². The fraction of sp³-hybridized carbons (Fsp3) is 0.579.